The van der Waals surface area contributed by atoms with Crippen molar-refractivity contribution < 1.29 is 22.4 Å². The van der Waals surface area contributed by atoms with Crippen molar-refractivity contribution in [1.29, 1.82) is 0 Å². The lowest BCUT2D eigenvalue weighted by Gasteiger charge is -2.36. The lowest BCUT2D eigenvalue weighted by Crippen LogP contribution is -2.48. The first-order chi connectivity index (χ1) is 18.3. The van der Waals surface area contributed by atoms with Gasteiger partial charge in [-0.25, -0.2) is 14.8 Å². The minimum atomic E-state index is -4.21. The Morgan fingerprint density at radius 3 is 2.79 bits per heavy atom. The van der Waals surface area contributed by atoms with Crippen LogP contribution in [0.25, 0.3) is 11.3 Å². The van der Waals surface area contributed by atoms with E-state index in [1.807, 2.05) is 41.3 Å². The second-order valence-electron chi connectivity index (χ2n) is 9.88. The smallest absolute Gasteiger partial charge is 0.401 e. The highest BCUT2D eigenvalue weighted by molar-refractivity contribution is 6.05. The highest BCUT2D eigenvalue weighted by Gasteiger charge is 2.40. The number of amides is 2. The zero-order chi connectivity index (χ0) is 26.3. The number of oxazole rings is 1. The topological polar surface area (TPSA) is 81.0 Å². The van der Waals surface area contributed by atoms with Crippen LogP contribution in [0.2, 0.25) is 0 Å². The molecule has 0 saturated carbocycles. The largest absolute Gasteiger partial charge is 0.444 e. The highest BCUT2D eigenvalue weighted by atomic mass is 19.4. The molecule has 5 heterocycles. The highest BCUT2D eigenvalue weighted by Crippen LogP contribution is 2.40. The number of carbonyl (C=O) groups is 1. The summed E-state index contributed by atoms with van der Waals surface area (Å²) >= 11 is 0. The monoisotopic (exact) mass is 527 g/mol. The van der Waals surface area contributed by atoms with Gasteiger partial charge in [0.05, 0.1) is 24.5 Å². The van der Waals surface area contributed by atoms with Crippen LogP contribution < -0.4 is 20.0 Å². The van der Waals surface area contributed by atoms with Crippen molar-refractivity contribution in [2.45, 2.75) is 25.1 Å². The van der Waals surface area contributed by atoms with E-state index < -0.39 is 12.7 Å². The molecule has 0 radical (unpaired) electrons. The van der Waals surface area contributed by atoms with Gasteiger partial charge in [0.25, 0.3) is 0 Å². The van der Waals surface area contributed by atoms with Crippen LogP contribution in [0.5, 0.6) is 0 Å². The van der Waals surface area contributed by atoms with Gasteiger partial charge in [0, 0.05) is 50.5 Å². The lowest BCUT2D eigenvalue weighted by atomic mass is 10.1. The van der Waals surface area contributed by atoms with Crippen molar-refractivity contribution in [3.05, 3.63) is 49.0 Å². The summed E-state index contributed by atoms with van der Waals surface area (Å²) in [6, 6.07) is 11.0. The maximum atomic E-state index is 13.6. The van der Waals surface area contributed by atoms with Gasteiger partial charge in [-0.1, -0.05) is 12.1 Å². The number of hydrogen-bond acceptors (Lipinski definition) is 7. The number of fused-ring (bicyclic) bond motifs is 4. The van der Waals surface area contributed by atoms with E-state index >= 15 is 0 Å². The van der Waals surface area contributed by atoms with Crippen molar-refractivity contribution in [1.82, 2.24) is 14.9 Å². The number of anilines is 4. The van der Waals surface area contributed by atoms with Crippen molar-refractivity contribution in [3.63, 3.8) is 0 Å². The van der Waals surface area contributed by atoms with Gasteiger partial charge in [0.1, 0.15) is 5.82 Å². The summed E-state index contributed by atoms with van der Waals surface area (Å²) in [5.74, 6) is 1.86. The van der Waals surface area contributed by atoms with Crippen molar-refractivity contribution in [2.24, 2.45) is 0 Å². The number of urea groups is 1. The number of nitrogens with zero attached hydrogens (tertiary/aromatic N) is 6. The van der Waals surface area contributed by atoms with Gasteiger partial charge in [0.15, 0.2) is 18.0 Å². The fourth-order valence-electron chi connectivity index (χ4n) is 5.54. The van der Waals surface area contributed by atoms with Crippen LogP contribution in [-0.4, -0.2) is 78.9 Å². The standard InChI is InChI=1S/C26H28F3N7O2/c27-26(28,29)16-33-8-2-9-34(12-11-33)23-6-5-21-24(32-23)36(20-7-10-35(21)15-20)25(37)31-19-4-1-3-18(13-19)22-14-30-17-38-22/h1,3-6,13-14,17,20H,2,7-12,15-16H2,(H,31,37)/t20-/m0/s1. The molecule has 3 aliphatic rings. The third-order valence-corrected chi connectivity index (χ3v) is 7.30. The van der Waals surface area contributed by atoms with Gasteiger partial charge in [-0.15, -0.1) is 0 Å². The second-order valence-corrected chi connectivity index (χ2v) is 9.88. The zero-order valence-electron chi connectivity index (χ0n) is 20.7. The SMILES string of the molecule is O=C(Nc1cccc(-c2cnco2)c1)N1c2nc(N3CCCN(CC(F)(F)F)CC3)ccc2N2CC[C@H]1C2. The Labute approximate surface area is 217 Å². The van der Waals surface area contributed by atoms with Crippen molar-refractivity contribution in [3.8, 4) is 11.3 Å². The van der Waals surface area contributed by atoms with E-state index in [4.69, 9.17) is 9.40 Å². The molecule has 200 valence electrons. The first-order valence-corrected chi connectivity index (χ1v) is 12.7. The van der Waals surface area contributed by atoms with Crippen LogP contribution in [0, 0.1) is 0 Å². The molecule has 12 heteroatoms. The molecular formula is C26H28F3N7O2. The molecule has 1 aromatic carbocycles. The quantitative estimate of drug-likeness (QED) is 0.537. The van der Waals surface area contributed by atoms with Crippen LogP contribution in [0.4, 0.5) is 41.0 Å². The summed E-state index contributed by atoms with van der Waals surface area (Å²) in [5.41, 5.74) is 2.31. The average Bonchev–Trinajstić information content (AvgIpc) is 3.51. The van der Waals surface area contributed by atoms with E-state index in [0.29, 0.717) is 55.7 Å². The average molecular weight is 528 g/mol. The van der Waals surface area contributed by atoms with Crippen molar-refractivity contribution >= 4 is 29.0 Å². The molecule has 2 aromatic heterocycles. The maximum absolute atomic E-state index is 13.6. The zero-order valence-corrected chi connectivity index (χ0v) is 20.7. The number of rotatable bonds is 4. The second kappa shape index (κ2) is 9.82. The van der Waals surface area contributed by atoms with E-state index in [2.05, 4.69) is 15.2 Å². The van der Waals surface area contributed by atoms with Crippen LogP contribution in [0.3, 0.4) is 0 Å². The summed E-state index contributed by atoms with van der Waals surface area (Å²) in [7, 11) is 0. The molecule has 2 fully saturated rings. The van der Waals surface area contributed by atoms with Gasteiger partial charge in [-0.2, -0.15) is 13.2 Å². The Kier molecular flexibility index (Phi) is 6.34. The van der Waals surface area contributed by atoms with Crippen LogP contribution >= 0.6 is 0 Å². The van der Waals surface area contributed by atoms with Gasteiger partial charge in [-0.3, -0.25) is 9.80 Å². The lowest BCUT2D eigenvalue weighted by molar-refractivity contribution is -0.145. The Morgan fingerprint density at radius 2 is 1.97 bits per heavy atom. The molecule has 0 spiro atoms. The predicted octanol–water partition coefficient (Wildman–Crippen LogP) is 4.44. The van der Waals surface area contributed by atoms with Gasteiger partial charge in [-0.05, 0) is 37.1 Å². The number of halogens is 3. The molecule has 1 atom stereocenters. The maximum Gasteiger partial charge on any atom is 0.401 e. The summed E-state index contributed by atoms with van der Waals surface area (Å²) in [5, 5.41) is 3.01. The molecule has 6 rings (SSSR count). The Balaban J connectivity index is 1.23. The number of nitrogens with one attached hydrogen (secondary N) is 1. The first-order valence-electron chi connectivity index (χ1n) is 12.7. The van der Waals surface area contributed by atoms with Crippen LogP contribution in [0.15, 0.2) is 53.4 Å². The summed E-state index contributed by atoms with van der Waals surface area (Å²) < 4.78 is 44.1. The van der Waals surface area contributed by atoms with Crippen molar-refractivity contribution in [2.75, 3.05) is 65.8 Å². The minimum absolute atomic E-state index is 0.0193. The summed E-state index contributed by atoms with van der Waals surface area (Å²) in [4.78, 5) is 29.9. The van der Waals surface area contributed by atoms with Gasteiger partial charge >= 0.3 is 12.2 Å². The molecule has 38 heavy (non-hydrogen) atoms. The molecule has 0 aliphatic carbocycles. The number of carbonyl (C=O) groups excluding carboxylic acids is 1. The summed E-state index contributed by atoms with van der Waals surface area (Å²) in [6.07, 6.45) is 0.196. The van der Waals surface area contributed by atoms with Gasteiger partial charge in [0.2, 0.25) is 0 Å². The molecule has 3 aliphatic heterocycles. The number of alkyl halides is 3. The first kappa shape index (κ1) is 24.5. The molecule has 2 saturated heterocycles. The van der Waals surface area contributed by atoms with E-state index in [-0.39, 0.29) is 12.1 Å². The number of pyridine rings is 1. The fourth-order valence-corrected chi connectivity index (χ4v) is 5.54. The molecule has 2 amide bonds. The van der Waals surface area contributed by atoms with E-state index in [1.165, 1.54) is 11.3 Å². The molecule has 0 unspecified atom stereocenters. The third kappa shape index (κ3) is 5.00. The van der Waals surface area contributed by atoms with Crippen LogP contribution in [-0.2, 0) is 0 Å². The number of aromatic nitrogens is 2. The van der Waals surface area contributed by atoms with E-state index in [0.717, 1.165) is 30.8 Å². The Morgan fingerprint density at radius 1 is 1.08 bits per heavy atom. The van der Waals surface area contributed by atoms with Crippen LogP contribution in [0.1, 0.15) is 12.8 Å². The molecular weight excluding hydrogens is 499 g/mol. The normalized spacial score (nSPS) is 19.9. The van der Waals surface area contributed by atoms with E-state index in [9.17, 15) is 18.0 Å². The molecule has 9 nitrogen and oxygen atoms in total. The van der Waals surface area contributed by atoms with E-state index in [1.54, 1.807) is 11.1 Å². The minimum Gasteiger partial charge on any atom is -0.444 e. The third-order valence-electron chi connectivity index (χ3n) is 7.30. The summed E-state index contributed by atoms with van der Waals surface area (Å²) in [6.45, 7) is 2.40. The number of hydrogen-bond donors (Lipinski definition) is 1. The fraction of sp³-hybridized carbons (Fsp3) is 0.423. The molecule has 3 aromatic rings. The molecule has 1 N–H and O–H groups in total. The van der Waals surface area contributed by atoms with Gasteiger partial charge < -0.3 is 19.5 Å². The predicted molar refractivity (Wildman–Crippen MR) is 138 cm³/mol. The number of benzene rings is 1. The Bertz CT molecular complexity index is 1300. The Hall–Kier alpha value is -3.80. The molecule has 2 bridgehead atoms.